The molecule has 6 heteroatoms. The van der Waals surface area contributed by atoms with E-state index in [2.05, 4.69) is 24.0 Å². The zero-order valence-corrected chi connectivity index (χ0v) is 20.2. The maximum Gasteiger partial charge on any atom is 0.160 e. The molecule has 0 saturated carbocycles. The summed E-state index contributed by atoms with van der Waals surface area (Å²) in [6.45, 7) is 4.53. The average molecular weight is 477 g/mol. The lowest BCUT2D eigenvalue weighted by Crippen LogP contribution is -2.45. The maximum absolute atomic E-state index is 15.2. The van der Waals surface area contributed by atoms with E-state index in [4.69, 9.17) is 14.5 Å². The molecule has 0 saturated heterocycles. The van der Waals surface area contributed by atoms with Crippen molar-refractivity contribution in [3.63, 3.8) is 0 Å². The van der Waals surface area contributed by atoms with Gasteiger partial charge in [0.1, 0.15) is 11.6 Å². The zero-order valence-electron chi connectivity index (χ0n) is 20.2. The van der Waals surface area contributed by atoms with Crippen LogP contribution in [0.3, 0.4) is 0 Å². The first-order valence-electron chi connectivity index (χ1n) is 12.5. The standard InChI is InChI=1S/C30H25FN4O/c1-17-23-12-11-22-26(21-8-3-5-9-24(21)31)34-29(20-13-14-32-25-10-6-4-7-19(20)25)35-28(22)30(23,2)15-18-16-33-36-27(17)18/h3-10,13-14,16-17,23H,11-12,15H2,1-2H3/t17?,23-,30+/m0/s1. The molecular weight excluding hydrogens is 451 g/mol. The van der Waals surface area contributed by atoms with Gasteiger partial charge in [-0.1, -0.05) is 49.3 Å². The van der Waals surface area contributed by atoms with E-state index in [1.165, 1.54) is 6.07 Å². The first-order valence-corrected chi connectivity index (χ1v) is 12.5. The molecule has 5 aromatic rings. The molecular formula is C30H25FN4O. The second-order valence-corrected chi connectivity index (χ2v) is 10.3. The summed E-state index contributed by atoms with van der Waals surface area (Å²) in [5.41, 5.74) is 5.96. The Kier molecular flexibility index (Phi) is 4.62. The van der Waals surface area contributed by atoms with E-state index < -0.39 is 0 Å². The Morgan fingerprint density at radius 3 is 2.72 bits per heavy atom. The molecule has 5 nitrogen and oxygen atoms in total. The van der Waals surface area contributed by atoms with Crippen molar-refractivity contribution in [2.75, 3.05) is 0 Å². The first kappa shape index (κ1) is 21.4. The van der Waals surface area contributed by atoms with E-state index in [1.807, 2.05) is 48.7 Å². The fourth-order valence-electron chi connectivity index (χ4n) is 6.65. The molecule has 0 fully saturated rings. The third kappa shape index (κ3) is 3.00. The minimum atomic E-state index is -0.269. The van der Waals surface area contributed by atoms with Crippen molar-refractivity contribution in [2.24, 2.45) is 5.92 Å². The number of hydrogen-bond donors (Lipinski definition) is 0. The van der Waals surface area contributed by atoms with Gasteiger partial charge in [0.05, 0.1) is 23.1 Å². The van der Waals surface area contributed by atoms with Crippen LogP contribution in [0, 0.1) is 11.7 Å². The van der Waals surface area contributed by atoms with Gasteiger partial charge in [-0.05, 0) is 49.4 Å². The second-order valence-electron chi connectivity index (χ2n) is 10.3. The highest BCUT2D eigenvalue weighted by Gasteiger charge is 2.50. The van der Waals surface area contributed by atoms with Crippen molar-refractivity contribution in [3.8, 4) is 22.6 Å². The predicted octanol–water partition coefficient (Wildman–Crippen LogP) is 6.67. The van der Waals surface area contributed by atoms with Crippen molar-refractivity contribution in [1.29, 1.82) is 0 Å². The van der Waals surface area contributed by atoms with Gasteiger partial charge in [0.2, 0.25) is 0 Å². The molecule has 36 heavy (non-hydrogen) atoms. The lowest BCUT2D eigenvalue weighted by Gasteiger charge is -2.47. The van der Waals surface area contributed by atoms with Gasteiger partial charge in [-0.3, -0.25) is 4.98 Å². The number of benzene rings is 2. The van der Waals surface area contributed by atoms with Gasteiger partial charge in [0.15, 0.2) is 5.82 Å². The minimum Gasteiger partial charge on any atom is -0.361 e. The third-order valence-corrected chi connectivity index (χ3v) is 8.34. The molecule has 0 bridgehead atoms. The Bertz CT molecular complexity index is 1640. The van der Waals surface area contributed by atoms with Crippen LogP contribution in [-0.2, 0) is 18.3 Å². The van der Waals surface area contributed by atoms with E-state index in [9.17, 15) is 0 Å². The molecule has 1 unspecified atom stereocenters. The summed E-state index contributed by atoms with van der Waals surface area (Å²) in [4.78, 5) is 14.9. The maximum atomic E-state index is 15.2. The molecule has 2 aliphatic rings. The molecule has 3 atom stereocenters. The van der Waals surface area contributed by atoms with E-state index in [-0.39, 0.29) is 17.2 Å². The number of aromatic nitrogens is 4. The summed E-state index contributed by atoms with van der Waals surface area (Å²) in [5, 5.41) is 5.09. The summed E-state index contributed by atoms with van der Waals surface area (Å²) in [5.74, 6) is 1.90. The largest absolute Gasteiger partial charge is 0.361 e. The van der Waals surface area contributed by atoms with Crippen LogP contribution in [0.15, 0.2) is 71.5 Å². The molecule has 0 amide bonds. The Balaban J connectivity index is 1.53. The molecule has 2 aliphatic carbocycles. The van der Waals surface area contributed by atoms with Gasteiger partial charge in [-0.15, -0.1) is 0 Å². The highest BCUT2D eigenvalue weighted by Crippen LogP contribution is 2.54. The summed E-state index contributed by atoms with van der Waals surface area (Å²) in [7, 11) is 0. The Morgan fingerprint density at radius 2 is 1.83 bits per heavy atom. The zero-order chi connectivity index (χ0) is 24.4. The lowest BCUT2D eigenvalue weighted by molar-refractivity contribution is 0.172. The van der Waals surface area contributed by atoms with Crippen LogP contribution in [0.25, 0.3) is 33.5 Å². The van der Waals surface area contributed by atoms with Crippen molar-refractivity contribution in [2.45, 2.75) is 44.4 Å². The van der Waals surface area contributed by atoms with Crippen LogP contribution in [0.2, 0.25) is 0 Å². The van der Waals surface area contributed by atoms with Crippen LogP contribution in [0.1, 0.15) is 48.8 Å². The SMILES string of the molecule is CC1c2oncc2C[C@@]2(C)c3nc(-c4ccnc5ccccc45)nc(-c4ccccc4F)c3CC[C@@H]12. The van der Waals surface area contributed by atoms with Crippen molar-refractivity contribution < 1.29 is 8.91 Å². The molecule has 0 aliphatic heterocycles. The van der Waals surface area contributed by atoms with E-state index in [0.29, 0.717) is 23.0 Å². The van der Waals surface area contributed by atoms with Crippen molar-refractivity contribution in [3.05, 3.63) is 95.4 Å². The average Bonchev–Trinajstić information content (AvgIpc) is 3.36. The van der Waals surface area contributed by atoms with Crippen molar-refractivity contribution >= 4 is 10.9 Å². The minimum absolute atomic E-state index is 0.228. The van der Waals surface area contributed by atoms with Gasteiger partial charge in [0, 0.05) is 45.2 Å². The topological polar surface area (TPSA) is 64.7 Å². The smallest absolute Gasteiger partial charge is 0.160 e. The van der Waals surface area contributed by atoms with E-state index >= 15 is 4.39 Å². The van der Waals surface area contributed by atoms with Crippen LogP contribution in [0.5, 0.6) is 0 Å². The summed E-state index contributed by atoms with van der Waals surface area (Å²) >= 11 is 0. The Hall–Kier alpha value is -3.93. The van der Waals surface area contributed by atoms with Crippen LogP contribution >= 0.6 is 0 Å². The van der Waals surface area contributed by atoms with E-state index in [1.54, 1.807) is 12.3 Å². The number of pyridine rings is 1. The first-order chi connectivity index (χ1) is 17.5. The Morgan fingerprint density at radius 1 is 1.00 bits per heavy atom. The van der Waals surface area contributed by atoms with E-state index in [0.717, 1.165) is 58.3 Å². The normalized spacial score (nSPS) is 22.6. The van der Waals surface area contributed by atoms with Crippen LogP contribution < -0.4 is 0 Å². The molecule has 0 N–H and O–H groups in total. The number of hydrogen-bond acceptors (Lipinski definition) is 5. The molecule has 0 spiro atoms. The fourth-order valence-corrected chi connectivity index (χ4v) is 6.65. The van der Waals surface area contributed by atoms with Gasteiger partial charge >= 0.3 is 0 Å². The number of para-hydroxylation sites is 1. The third-order valence-electron chi connectivity index (χ3n) is 8.34. The predicted molar refractivity (Wildman–Crippen MR) is 136 cm³/mol. The molecule has 178 valence electrons. The lowest BCUT2D eigenvalue weighted by atomic mass is 9.56. The molecule has 2 aromatic carbocycles. The summed E-state index contributed by atoms with van der Waals surface area (Å²) in [6.07, 6.45) is 6.19. The summed E-state index contributed by atoms with van der Waals surface area (Å²) in [6, 6.07) is 16.9. The fraction of sp³-hybridized carbons (Fsp3) is 0.267. The van der Waals surface area contributed by atoms with Crippen LogP contribution in [0.4, 0.5) is 4.39 Å². The number of fused-ring (bicyclic) bond motifs is 5. The van der Waals surface area contributed by atoms with Gasteiger partial charge < -0.3 is 4.52 Å². The number of nitrogens with zero attached hydrogens (tertiary/aromatic N) is 4. The molecule has 0 radical (unpaired) electrons. The Labute approximate surface area is 208 Å². The molecule has 3 heterocycles. The van der Waals surface area contributed by atoms with Gasteiger partial charge in [-0.2, -0.15) is 0 Å². The van der Waals surface area contributed by atoms with Gasteiger partial charge in [0.25, 0.3) is 0 Å². The highest BCUT2D eigenvalue weighted by atomic mass is 19.1. The van der Waals surface area contributed by atoms with Crippen molar-refractivity contribution in [1.82, 2.24) is 20.1 Å². The molecule has 7 rings (SSSR count). The second kappa shape index (κ2) is 7.79. The number of rotatable bonds is 2. The molecule has 3 aromatic heterocycles. The van der Waals surface area contributed by atoms with Gasteiger partial charge in [-0.25, -0.2) is 14.4 Å². The highest BCUT2D eigenvalue weighted by molar-refractivity contribution is 5.92. The number of halogens is 1. The monoisotopic (exact) mass is 476 g/mol. The quantitative estimate of drug-likeness (QED) is 0.285. The van der Waals surface area contributed by atoms with Crippen LogP contribution in [-0.4, -0.2) is 20.1 Å². The summed E-state index contributed by atoms with van der Waals surface area (Å²) < 4.78 is 20.8.